The normalized spacial score (nSPS) is 19.1. The number of para-hydroxylation sites is 2. The van der Waals surface area contributed by atoms with Gasteiger partial charge < -0.3 is 5.32 Å². The Bertz CT molecular complexity index is 962. The van der Waals surface area contributed by atoms with Gasteiger partial charge in [0, 0.05) is 13.6 Å². The third-order valence-corrected chi connectivity index (χ3v) is 6.19. The van der Waals surface area contributed by atoms with Crippen LogP contribution in [-0.4, -0.2) is 5.71 Å². The molecule has 0 spiro atoms. The largest absolute Gasteiger partial charge is 0.374 e. The minimum Gasteiger partial charge on any atom is -0.374 e. The Hall–Kier alpha value is -1.41. The van der Waals surface area contributed by atoms with Crippen LogP contribution in [0.3, 0.4) is 0 Å². The van der Waals surface area contributed by atoms with Crippen molar-refractivity contribution in [2.24, 2.45) is 4.99 Å². The van der Waals surface area contributed by atoms with E-state index in [-0.39, 0.29) is 5.54 Å². The van der Waals surface area contributed by atoms with Gasteiger partial charge in [-0.05, 0) is 99.6 Å². The van der Waals surface area contributed by atoms with Gasteiger partial charge in [0.2, 0.25) is 0 Å². The van der Waals surface area contributed by atoms with Gasteiger partial charge in [-0.15, -0.1) is 0 Å². The number of nitrogens with one attached hydrogen (secondary N) is 1. The topological polar surface area (TPSA) is 24.4 Å². The van der Waals surface area contributed by atoms with Crippen LogP contribution < -0.4 is 5.32 Å². The summed E-state index contributed by atoms with van der Waals surface area (Å²) in [6, 6.07) is 25.7. The first-order valence-electron chi connectivity index (χ1n) is 8.50. The number of hydrogen-bond donors (Lipinski definition) is 1. The van der Waals surface area contributed by atoms with Crippen molar-refractivity contribution in [3.8, 4) is 0 Å². The van der Waals surface area contributed by atoms with E-state index in [9.17, 15) is 0 Å². The minimum atomic E-state index is -0.223. The van der Waals surface area contributed by atoms with E-state index in [2.05, 4.69) is 124 Å². The fraction of sp³-hybridized carbons (Fsp3) is 0.136. The minimum absolute atomic E-state index is 0.223. The lowest BCUT2D eigenvalue weighted by atomic mass is 9.85. The van der Waals surface area contributed by atoms with Gasteiger partial charge in [0.05, 0.1) is 22.6 Å². The van der Waals surface area contributed by atoms with Crippen LogP contribution in [0.15, 0.2) is 77.8 Å². The van der Waals surface area contributed by atoms with E-state index in [0.717, 1.165) is 23.5 Å². The van der Waals surface area contributed by atoms with Crippen molar-refractivity contribution in [1.82, 2.24) is 0 Å². The highest BCUT2D eigenvalue weighted by atomic mass is 127. The molecule has 1 heterocycles. The van der Waals surface area contributed by atoms with E-state index in [1.807, 2.05) is 6.07 Å². The number of benzene rings is 3. The summed E-state index contributed by atoms with van der Waals surface area (Å²) in [5.41, 5.74) is 5.41. The zero-order valence-electron chi connectivity index (χ0n) is 14.3. The van der Waals surface area contributed by atoms with E-state index < -0.39 is 0 Å². The molecule has 0 fully saturated rings. The second-order valence-electron chi connectivity index (χ2n) is 6.72. The van der Waals surface area contributed by atoms with Crippen LogP contribution in [0.2, 0.25) is 0 Å². The number of aliphatic imine (C=N–C) groups is 1. The van der Waals surface area contributed by atoms with Gasteiger partial charge in [0.25, 0.3) is 0 Å². The third-order valence-electron chi connectivity index (χ3n) is 4.75. The SMILES string of the molecule is C[C@]1(c2ccc(I)cc2)CC(c2ccc(I)cc2)=Nc2ccccc2N1. The molecule has 4 rings (SSSR count). The lowest BCUT2D eigenvalue weighted by Gasteiger charge is -2.32. The first-order valence-corrected chi connectivity index (χ1v) is 10.7. The average molecular weight is 564 g/mol. The lowest BCUT2D eigenvalue weighted by molar-refractivity contribution is 0.571. The number of halogens is 2. The second-order valence-corrected chi connectivity index (χ2v) is 9.21. The van der Waals surface area contributed by atoms with E-state index in [1.165, 1.54) is 18.3 Å². The number of hydrogen-bond acceptors (Lipinski definition) is 2. The Kier molecular flexibility index (Phi) is 5.05. The molecule has 26 heavy (non-hydrogen) atoms. The average Bonchev–Trinajstić information content (AvgIpc) is 2.79. The predicted molar refractivity (Wildman–Crippen MR) is 127 cm³/mol. The van der Waals surface area contributed by atoms with Crippen molar-refractivity contribution in [1.29, 1.82) is 0 Å². The summed E-state index contributed by atoms with van der Waals surface area (Å²) in [5, 5.41) is 3.76. The molecular formula is C22H18I2N2. The van der Waals surface area contributed by atoms with Crippen molar-refractivity contribution in [3.05, 3.63) is 91.1 Å². The van der Waals surface area contributed by atoms with E-state index >= 15 is 0 Å². The highest BCUT2D eigenvalue weighted by molar-refractivity contribution is 14.1. The molecule has 1 aliphatic rings. The molecule has 1 N–H and O–H groups in total. The van der Waals surface area contributed by atoms with Crippen LogP contribution in [0, 0.1) is 7.14 Å². The Morgan fingerprint density at radius 1 is 0.846 bits per heavy atom. The van der Waals surface area contributed by atoms with Gasteiger partial charge in [-0.25, -0.2) is 0 Å². The van der Waals surface area contributed by atoms with Gasteiger partial charge in [-0.1, -0.05) is 36.4 Å². The molecule has 0 aromatic heterocycles. The van der Waals surface area contributed by atoms with Crippen molar-refractivity contribution in [2.45, 2.75) is 18.9 Å². The van der Waals surface area contributed by atoms with Crippen LogP contribution in [0.5, 0.6) is 0 Å². The maximum absolute atomic E-state index is 5.03. The van der Waals surface area contributed by atoms with Crippen LogP contribution >= 0.6 is 45.2 Å². The molecule has 0 unspecified atom stereocenters. The first kappa shape index (κ1) is 18.0. The third kappa shape index (κ3) is 3.67. The fourth-order valence-corrected chi connectivity index (χ4v) is 4.06. The van der Waals surface area contributed by atoms with E-state index in [1.54, 1.807) is 0 Å². The Morgan fingerprint density at radius 2 is 1.46 bits per heavy atom. The van der Waals surface area contributed by atoms with Gasteiger partial charge in [-0.3, -0.25) is 4.99 Å². The fourth-order valence-electron chi connectivity index (χ4n) is 3.34. The molecule has 0 saturated carbocycles. The summed E-state index contributed by atoms with van der Waals surface area (Å²) in [5.74, 6) is 0. The van der Waals surface area contributed by atoms with Crippen LogP contribution in [0.25, 0.3) is 0 Å². The molecule has 0 aliphatic carbocycles. The molecule has 0 saturated heterocycles. The maximum atomic E-state index is 5.03. The molecule has 0 bridgehead atoms. The smallest absolute Gasteiger partial charge is 0.0864 e. The predicted octanol–water partition coefficient (Wildman–Crippen LogP) is 6.75. The summed E-state index contributed by atoms with van der Waals surface area (Å²) in [6.45, 7) is 2.26. The summed E-state index contributed by atoms with van der Waals surface area (Å²) in [7, 11) is 0. The van der Waals surface area contributed by atoms with E-state index in [0.29, 0.717) is 0 Å². The molecule has 4 heteroatoms. The summed E-state index contributed by atoms with van der Waals surface area (Å²) < 4.78 is 2.48. The molecule has 0 radical (unpaired) electrons. The Morgan fingerprint density at radius 3 is 2.15 bits per heavy atom. The molecule has 1 atom stereocenters. The van der Waals surface area contributed by atoms with Gasteiger partial charge in [-0.2, -0.15) is 0 Å². The quantitative estimate of drug-likeness (QED) is 0.343. The maximum Gasteiger partial charge on any atom is 0.0864 e. The van der Waals surface area contributed by atoms with Crippen molar-refractivity contribution in [3.63, 3.8) is 0 Å². The highest BCUT2D eigenvalue weighted by Gasteiger charge is 2.31. The highest BCUT2D eigenvalue weighted by Crippen LogP contribution is 2.39. The van der Waals surface area contributed by atoms with Crippen molar-refractivity contribution >= 4 is 62.3 Å². The number of nitrogens with zero attached hydrogens (tertiary/aromatic N) is 1. The summed E-state index contributed by atoms with van der Waals surface area (Å²) in [4.78, 5) is 5.03. The zero-order valence-corrected chi connectivity index (χ0v) is 18.7. The molecular weight excluding hydrogens is 546 g/mol. The van der Waals surface area contributed by atoms with E-state index in [4.69, 9.17) is 4.99 Å². The number of anilines is 1. The molecule has 2 nitrogen and oxygen atoms in total. The molecule has 0 amide bonds. The van der Waals surface area contributed by atoms with Crippen molar-refractivity contribution in [2.75, 3.05) is 5.32 Å². The molecule has 130 valence electrons. The number of fused-ring (bicyclic) bond motifs is 1. The Labute approximate surface area is 181 Å². The first-order chi connectivity index (χ1) is 12.5. The standard InChI is InChI=1S/C22H18I2N2/c1-22(16-8-12-18(24)13-9-16)14-21(15-6-10-17(23)11-7-15)25-19-4-2-3-5-20(19)26-22/h2-13,26H,14H2,1H3/t22-/m1/s1. The monoisotopic (exact) mass is 564 g/mol. The van der Waals surface area contributed by atoms with Gasteiger partial charge >= 0.3 is 0 Å². The summed E-state index contributed by atoms with van der Waals surface area (Å²) in [6.07, 6.45) is 0.822. The van der Waals surface area contributed by atoms with Crippen LogP contribution in [-0.2, 0) is 5.54 Å². The van der Waals surface area contributed by atoms with Crippen molar-refractivity contribution < 1.29 is 0 Å². The summed E-state index contributed by atoms with van der Waals surface area (Å²) >= 11 is 4.69. The van der Waals surface area contributed by atoms with Gasteiger partial charge in [0.15, 0.2) is 0 Å². The molecule has 3 aromatic carbocycles. The molecule has 3 aromatic rings. The van der Waals surface area contributed by atoms with Crippen LogP contribution in [0.1, 0.15) is 24.5 Å². The number of rotatable bonds is 2. The van der Waals surface area contributed by atoms with Gasteiger partial charge in [0.1, 0.15) is 0 Å². The second kappa shape index (κ2) is 7.31. The zero-order chi connectivity index (χ0) is 18.1. The Balaban J connectivity index is 1.84. The molecule has 1 aliphatic heterocycles. The lowest BCUT2D eigenvalue weighted by Crippen LogP contribution is -2.33. The van der Waals surface area contributed by atoms with Crippen LogP contribution in [0.4, 0.5) is 11.4 Å².